The number of nitrogens with zero attached hydrogens (tertiary/aromatic N) is 2. The van der Waals surface area contributed by atoms with E-state index in [2.05, 4.69) is 15.0 Å². The van der Waals surface area contributed by atoms with E-state index in [1.165, 1.54) is 0 Å². The van der Waals surface area contributed by atoms with Crippen LogP contribution in [0.25, 0.3) is 11.4 Å². The van der Waals surface area contributed by atoms with Crippen LogP contribution in [0.15, 0.2) is 30.7 Å². The van der Waals surface area contributed by atoms with E-state index >= 15 is 0 Å². The second-order valence-electron chi connectivity index (χ2n) is 3.22. The molecule has 4 nitrogen and oxygen atoms in total. The number of pyridine rings is 1. The zero-order valence-electron chi connectivity index (χ0n) is 7.94. The maximum absolute atomic E-state index is 5.72. The van der Waals surface area contributed by atoms with Crippen molar-refractivity contribution < 1.29 is 0 Å². The van der Waals surface area contributed by atoms with Gasteiger partial charge in [0.25, 0.3) is 0 Å². The van der Waals surface area contributed by atoms with Crippen LogP contribution in [0.1, 0.15) is 18.7 Å². The predicted octanol–water partition coefficient (Wildman–Crippen LogP) is 1.49. The van der Waals surface area contributed by atoms with Crippen LogP contribution in [0.3, 0.4) is 0 Å². The van der Waals surface area contributed by atoms with Crippen molar-refractivity contribution in [1.29, 1.82) is 0 Å². The summed E-state index contributed by atoms with van der Waals surface area (Å²) in [5.41, 5.74) is 7.62. The second kappa shape index (κ2) is 3.59. The van der Waals surface area contributed by atoms with Crippen LogP contribution in [0.2, 0.25) is 0 Å². The van der Waals surface area contributed by atoms with E-state index in [9.17, 15) is 0 Å². The van der Waals surface area contributed by atoms with E-state index in [0.717, 1.165) is 17.1 Å². The highest BCUT2D eigenvalue weighted by atomic mass is 14.9. The highest BCUT2D eigenvalue weighted by Crippen LogP contribution is 2.15. The molecule has 0 aliphatic carbocycles. The molecular weight excluding hydrogens is 176 g/mol. The van der Waals surface area contributed by atoms with Gasteiger partial charge in [0.1, 0.15) is 5.82 Å². The maximum atomic E-state index is 5.72. The van der Waals surface area contributed by atoms with Crippen molar-refractivity contribution in [2.24, 2.45) is 5.73 Å². The predicted molar refractivity (Wildman–Crippen MR) is 54.4 cm³/mol. The fourth-order valence-electron chi connectivity index (χ4n) is 1.22. The van der Waals surface area contributed by atoms with E-state index < -0.39 is 0 Å². The molecule has 0 fully saturated rings. The molecule has 2 rings (SSSR count). The molecule has 0 radical (unpaired) electrons. The number of nitrogens with one attached hydrogen (secondary N) is 1. The number of hydrogen-bond acceptors (Lipinski definition) is 3. The van der Waals surface area contributed by atoms with Gasteiger partial charge in [-0.05, 0) is 19.1 Å². The van der Waals surface area contributed by atoms with E-state index in [1.807, 2.05) is 19.1 Å². The zero-order chi connectivity index (χ0) is 9.97. The van der Waals surface area contributed by atoms with E-state index in [4.69, 9.17) is 5.73 Å². The molecule has 0 saturated heterocycles. The third-order valence-corrected chi connectivity index (χ3v) is 2.02. The SMILES string of the molecule is CC(N)c1cnc(-c2cccnc2)[nH]1. The van der Waals surface area contributed by atoms with Crippen molar-refractivity contribution in [3.63, 3.8) is 0 Å². The van der Waals surface area contributed by atoms with Gasteiger partial charge in [-0.15, -0.1) is 0 Å². The number of aromatic nitrogens is 3. The Morgan fingerprint density at radius 3 is 2.86 bits per heavy atom. The Balaban J connectivity index is 2.34. The second-order valence-corrected chi connectivity index (χ2v) is 3.22. The van der Waals surface area contributed by atoms with Gasteiger partial charge in [0.15, 0.2) is 0 Å². The number of nitrogens with two attached hydrogens (primary N) is 1. The smallest absolute Gasteiger partial charge is 0.139 e. The van der Waals surface area contributed by atoms with Gasteiger partial charge < -0.3 is 10.7 Å². The molecule has 0 aromatic carbocycles. The van der Waals surface area contributed by atoms with Crippen molar-refractivity contribution in [2.75, 3.05) is 0 Å². The minimum atomic E-state index is -0.0204. The topological polar surface area (TPSA) is 67.6 Å². The average molecular weight is 188 g/mol. The van der Waals surface area contributed by atoms with Crippen LogP contribution in [0.5, 0.6) is 0 Å². The Labute approximate surface area is 82.2 Å². The summed E-state index contributed by atoms with van der Waals surface area (Å²) in [5.74, 6) is 0.811. The van der Waals surface area contributed by atoms with Crippen LogP contribution >= 0.6 is 0 Å². The molecule has 0 aliphatic rings. The van der Waals surface area contributed by atoms with Crippen LogP contribution in [-0.4, -0.2) is 15.0 Å². The number of hydrogen-bond donors (Lipinski definition) is 2. The van der Waals surface area contributed by atoms with Crippen molar-refractivity contribution >= 4 is 0 Å². The molecule has 2 aromatic rings. The highest BCUT2D eigenvalue weighted by molar-refractivity contribution is 5.53. The molecule has 3 N–H and O–H groups in total. The fourth-order valence-corrected chi connectivity index (χ4v) is 1.22. The van der Waals surface area contributed by atoms with Crippen LogP contribution < -0.4 is 5.73 Å². The maximum Gasteiger partial charge on any atom is 0.139 e. The van der Waals surface area contributed by atoms with Crippen molar-refractivity contribution in [3.05, 3.63) is 36.4 Å². The third kappa shape index (κ3) is 1.65. The van der Waals surface area contributed by atoms with Crippen molar-refractivity contribution in [2.45, 2.75) is 13.0 Å². The van der Waals surface area contributed by atoms with Crippen molar-refractivity contribution in [3.8, 4) is 11.4 Å². The average Bonchev–Trinajstić information content (AvgIpc) is 2.68. The first-order valence-electron chi connectivity index (χ1n) is 4.48. The summed E-state index contributed by atoms with van der Waals surface area (Å²) < 4.78 is 0. The summed E-state index contributed by atoms with van der Waals surface area (Å²) in [7, 11) is 0. The lowest BCUT2D eigenvalue weighted by Gasteiger charge is -1.99. The molecule has 0 saturated carbocycles. The van der Waals surface area contributed by atoms with Gasteiger partial charge >= 0.3 is 0 Å². The number of rotatable bonds is 2. The Hall–Kier alpha value is -1.68. The van der Waals surface area contributed by atoms with Crippen LogP contribution in [0.4, 0.5) is 0 Å². The molecule has 0 aliphatic heterocycles. The Kier molecular flexibility index (Phi) is 2.28. The molecule has 1 unspecified atom stereocenters. The summed E-state index contributed by atoms with van der Waals surface area (Å²) >= 11 is 0. The third-order valence-electron chi connectivity index (χ3n) is 2.02. The summed E-state index contributed by atoms with van der Waals surface area (Å²) in [6.07, 6.45) is 5.26. The van der Waals surface area contributed by atoms with Gasteiger partial charge in [0.2, 0.25) is 0 Å². The van der Waals surface area contributed by atoms with Gasteiger partial charge in [-0.1, -0.05) is 0 Å². The Bertz CT molecular complexity index is 405. The minimum Gasteiger partial charge on any atom is -0.341 e. The van der Waals surface area contributed by atoms with Gasteiger partial charge in [0, 0.05) is 24.0 Å². The first-order valence-corrected chi connectivity index (χ1v) is 4.48. The molecule has 2 heterocycles. The normalized spacial score (nSPS) is 12.7. The quantitative estimate of drug-likeness (QED) is 0.750. The number of imidazole rings is 1. The Morgan fingerprint density at radius 2 is 2.29 bits per heavy atom. The van der Waals surface area contributed by atoms with Gasteiger partial charge in [-0.2, -0.15) is 0 Å². The highest BCUT2D eigenvalue weighted by Gasteiger charge is 2.05. The van der Waals surface area contributed by atoms with Gasteiger partial charge in [-0.3, -0.25) is 4.98 Å². The Morgan fingerprint density at radius 1 is 1.43 bits per heavy atom. The molecule has 14 heavy (non-hydrogen) atoms. The zero-order valence-corrected chi connectivity index (χ0v) is 7.94. The molecule has 72 valence electrons. The first-order chi connectivity index (χ1) is 6.77. The molecular formula is C10H12N4. The lowest BCUT2D eigenvalue weighted by Crippen LogP contribution is -2.04. The largest absolute Gasteiger partial charge is 0.341 e. The summed E-state index contributed by atoms with van der Waals surface area (Å²) in [6.45, 7) is 1.92. The summed E-state index contributed by atoms with van der Waals surface area (Å²) in [4.78, 5) is 11.4. The molecule has 0 spiro atoms. The van der Waals surface area contributed by atoms with Gasteiger partial charge in [0.05, 0.1) is 11.9 Å². The van der Waals surface area contributed by atoms with Crippen molar-refractivity contribution in [1.82, 2.24) is 15.0 Å². The minimum absolute atomic E-state index is 0.0204. The molecule has 2 aromatic heterocycles. The number of aromatic amines is 1. The van der Waals surface area contributed by atoms with E-state index in [1.54, 1.807) is 18.6 Å². The lowest BCUT2D eigenvalue weighted by molar-refractivity contribution is 0.789. The van der Waals surface area contributed by atoms with Crippen LogP contribution in [0, 0.1) is 0 Å². The number of H-pyrrole nitrogens is 1. The standard InChI is InChI=1S/C10H12N4/c1-7(11)9-6-13-10(14-9)8-3-2-4-12-5-8/h2-7H,11H2,1H3,(H,13,14). The van der Waals surface area contributed by atoms with Crippen LogP contribution in [-0.2, 0) is 0 Å². The first kappa shape index (κ1) is 8.90. The lowest BCUT2D eigenvalue weighted by atomic mass is 10.3. The molecule has 4 heteroatoms. The summed E-state index contributed by atoms with van der Waals surface area (Å²) in [5, 5.41) is 0. The molecule has 0 bridgehead atoms. The molecule has 1 atom stereocenters. The van der Waals surface area contributed by atoms with Gasteiger partial charge in [-0.25, -0.2) is 4.98 Å². The van der Waals surface area contributed by atoms with E-state index in [-0.39, 0.29) is 6.04 Å². The van der Waals surface area contributed by atoms with E-state index in [0.29, 0.717) is 0 Å². The fraction of sp³-hybridized carbons (Fsp3) is 0.200. The monoisotopic (exact) mass is 188 g/mol. The molecule has 0 amide bonds. The summed E-state index contributed by atoms with van der Waals surface area (Å²) in [6, 6.07) is 3.81.